The Labute approximate surface area is 119 Å². The molecule has 0 saturated carbocycles. The Morgan fingerprint density at radius 2 is 2.00 bits per heavy atom. The van der Waals surface area contributed by atoms with Gasteiger partial charge in [0.2, 0.25) is 0 Å². The van der Waals surface area contributed by atoms with Gasteiger partial charge in [-0.1, -0.05) is 32.0 Å². The van der Waals surface area contributed by atoms with Crippen LogP contribution in [0.4, 0.5) is 0 Å². The van der Waals surface area contributed by atoms with Crippen molar-refractivity contribution in [2.75, 3.05) is 6.54 Å². The fraction of sp³-hybridized carbons (Fsp3) is 0.438. The van der Waals surface area contributed by atoms with Gasteiger partial charge in [-0.25, -0.2) is 0 Å². The van der Waals surface area contributed by atoms with E-state index in [-0.39, 0.29) is 5.56 Å². The first-order valence-electron chi connectivity index (χ1n) is 7.10. The summed E-state index contributed by atoms with van der Waals surface area (Å²) >= 11 is 0. The molecular formula is C16H23N3O. The van der Waals surface area contributed by atoms with E-state index in [2.05, 4.69) is 49.2 Å². The number of H-pyrrole nitrogens is 2. The average Bonchev–Trinajstić information content (AvgIpc) is 2.75. The van der Waals surface area contributed by atoms with Crippen molar-refractivity contribution in [3.8, 4) is 0 Å². The minimum absolute atomic E-state index is 0.0147. The summed E-state index contributed by atoms with van der Waals surface area (Å²) in [7, 11) is 0. The van der Waals surface area contributed by atoms with E-state index in [1.165, 1.54) is 16.7 Å². The molecule has 0 saturated heterocycles. The monoisotopic (exact) mass is 273 g/mol. The van der Waals surface area contributed by atoms with Gasteiger partial charge in [-0.2, -0.15) is 0 Å². The van der Waals surface area contributed by atoms with Crippen LogP contribution in [0.25, 0.3) is 0 Å². The van der Waals surface area contributed by atoms with Crippen LogP contribution >= 0.6 is 0 Å². The molecule has 1 heterocycles. The minimum atomic E-state index is -0.0147. The molecule has 1 aromatic heterocycles. The standard InChI is InChI=1S/C16H23N3O/c1-10(2)15-14(16(20)19-18-15)9-13-5-4-12(6-7-17)8-11(13)3/h4-5,8,10H,6-7,9,17H2,1-3H3,(H2,18,19,20). The molecule has 0 amide bonds. The van der Waals surface area contributed by atoms with E-state index in [0.717, 1.165) is 17.7 Å². The van der Waals surface area contributed by atoms with Gasteiger partial charge >= 0.3 is 0 Å². The summed E-state index contributed by atoms with van der Waals surface area (Å²) in [6, 6.07) is 6.38. The number of rotatable bonds is 5. The van der Waals surface area contributed by atoms with E-state index in [4.69, 9.17) is 5.73 Å². The zero-order valence-electron chi connectivity index (χ0n) is 12.4. The molecular weight excluding hydrogens is 250 g/mol. The Kier molecular flexibility index (Phi) is 4.45. The first-order valence-corrected chi connectivity index (χ1v) is 7.10. The quantitative estimate of drug-likeness (QED) is 0.781. The molecule has 4 nitrogen and oxygen atoms in total. The smallest absolute Gasteiger partial charge is 0.267 e. The number of hydrogen-bond acceptors (Lipinski definition) is 2. The fourth-order valence-corrected chi connectivity index (χ4v) is 2.53. The van der Waals surface area contributed by atoms with Crippen molar-refractivity contribution >= 4 is 0 Å². The van der Waals surface area contributed by atoms with Crippen molar-refractivity contribution in [1.29, 1.82) is 0 Å². The number of aromatic nitrogens is 2. The average molecular weight is 273 g/mol. The fourth-order valence-electron chi connectivity index (χ4n) is 2.53. The highest BCUT2D eigenvalue weighted by Gasteiger charge is 2.14. The van der Waals surface area contributed by atoms with Gasteiger partial charge < -0.3 is 10.8 Å². The molecule has 2 aromatic rings. The summed E-state index contributed by atoms with van der Waals surface area (Å²) in [4.78, 5) is 11.9. The van der Waals surface area contributed by atoms with Gasteiger partial charge in [0.1, 0.15) is 0 Å². The SMILES string of the molecule is Cc1cc(CCN)ccc1Cc1c(C(C)C)[nH][nH]c1=O. The van der Waals surface area contributed by atoms with Crippen LogP contribution in [0.1, 0.15) is 47.7 Å². The topological polar surface area (TPSA) is 74.7 Å². The number of hydrogen-bond donors (Lipinski definition) is 3. The van der Waals surface area contributed by atoms with E-state index < -0.39 is 0 Å². The largest absolute Gasteiger partial charge is 0.330 e. The third-order valence-electron chi connectivity index (χ3n) is 3.69. The van der Waals surface area contributed by atoms with Gasteiger partial charge in [0.05, 0.1) is 0 Å². The lowest BCUT2D eigenvalue weighted by Crippen LogP contribution is -2.09. The summed E-state index contributed by atoms with van der Waals surface area (Å²) in [6.45, 7) is 6.92. The Bertz CT molecular complexity index is 637. The predicted octanol–water partition coefficient (Wildman–Crippen LogP) is 2.23. The molecule has 0 fully saturated rings. The maximum atomic E-state index is 11.9. The maximum absolute atomic E-state index is 11.9. The van der Waals surface area contributed by atoms with Crippen molar-refractivity contribution in [3.05, 3.63) is 56.5 Å². The highest BCUT2D eigenvalue weighted by atomic mass is 16.1. The molecule has 0 spiro atoms. The number of nitrogens with two attached hydrogens (primary N) is 1. The number of nitrogens with one attached hydrogen (secondary N) is 2. The highest BCUT2D eigenvalue weighted by molar-refractivity contribution is 5.36. The maximum Gasteiger partial charge on any atom is 0.267 e. The third kappa shape index (κ3) is 3.02. The van der Waals surface area contributed by atoms with E-state index in [9.17, 15) is 4.79 Å². The molecule has 4 N–H and O–H groups in total. The predicted molar refractivity (Wildman–Crippen MR) is 82.2 cm³/mol. The Morgan fingerprint density at radius 3 is 2.60 bits per heavy atom. The van der Waals surface area contributed by atoms with E-state index in [1.807, 2.05) is 0 Å². The van der Waals surface area contributed by atoms with Crippen molar-refractivity contribution in [2.45, 2.75) is 39.5 Å². The molecule has 108 valence electrons. The molecule has 1 aromatic carbocycles. The van der Waals surface area contributed by atoms with Crippen LogP contribution in [0.3, 0.4) is 0 Å². The lowest BCUT2D eigenvalue weighted by Gasteiger charge is -2.09. The molecule has 0 aliphatic heterocycles. The van der Waals surface area contributed by atoms with Crippen LogP contribution in [0.2, 0.25) is 0 Å². The Hall–Kier alpha value is -1.81. The van der Waals surface area contributed by atoms with Crippen LogP contribution in [0.5, 0.6) is 0 Å². The highest BCUT2D eigenvalue weighted by Crippen LogP contribution is 2.19. The summed E-state index contributed by atoms with van der Waals surface area (Å²) in [5, 5.41) is 5.68. The van der Waals surface area contributed by atoms with Crippen molar-refractivity contribution in [3.63, 3.8) is 0 Å². The molecule has 0 unspecified atom stereocenters. The molecule has 0 aliphatic rings. The molecule has 2 rings (SSSR count). The first kappa shape index (κ1) is 14.6. The van der Waals surface area contributed by atoms with Gasteiger partial charge in [0, 0.05) is 17.7 Å². The van der Waals surface area contributed by atoms with E-state index >= 15 is 0 Å². The zero-order valence-corrected chi connectivity index (χ0v) is 12.4. The summed E-state index contributed by atoms with van der Waals surface area (Å²) in [6.07, 6.45) is 1.56. The van der Waals surface area contributed by atoms with Gasteiger partial charge in [-0.15, -0.1) is 0 Å². The summed E-state index contributed by atoms with van der Waals surface area (Å²) in [5.74, 6) is 0.306. The lowest BCUT2D eigenvalue weighted by molar-refractivity contribution is 0.799. The number of aromatic amines is 2. The van der Waals surface area contributed by atoms with E-state index in [0.29, 0.717) is 18.9 Å². The van der Waals surface area contributed by atoms with Gasteiger partial charge in [0.25, 0.3) is 5.56 Å². The van der Waals surface area contributed by atoms with Crippen LogP contribution in [-0.4, -0.2) is 16.7 Å². The molecule has 0 bridgehead atoms. The summed E-state index contributed by atoms with van der Waals surface area (Å²) < 4.78 is 0. The zero-order chi connectivity index (χ0) is 14.7. The van der Waals surface area contributed by atoms with Crippen molar-refractivity contribution in [2.24, 2.45) is 5.73 Å². The summed E-state index contributed by atoms with van der Waals surface area (Å²) in [5.41, 5.74) is 11.1. The second-order valence-electron chi connectivity index (χ2n) is 5.60. The molecule has 0 atom stereocenters. The van der Waals surface area contributed by atoms with Crippen LogP contribution in [0, 0.1) is 6.92 Å². The molecule has 4 heteroatoms. The second kappa shape index (κ2) is 6.09. The first-order chi connectivity index (χ1) is 9.52. The van der Waals surface area contributed by atoms with E-state index in [1.54, 1.807) is 0 Å². The van der Waals surface area contributed by atoms with Gasteiger partial charge in [-0.05, 0) is 42.5 Å². The lowest BCUT2D eigenvalue weighted by atomic mass is 9.95. The van der Waals surface area contributed by atoms with Crippen LogP contribution in [0.15, 0.2) is 23.0 Å². The van der Waals surface area contributed by atoms with Gasteiger partial charge in [0.15, 0.2) is 0 Å². The van der Waals surface area contributed by atoms with Gasteiger partial charge in [-0.3, -0.25) is 9.89 Å². The molecule has 0 aliphatic carbocycles. The molecule has 20 heavy (non-hydrogen) atoms. The van der Waals surface area contributed by atoms with Crippen LogP contribution < -0.4 is 11.3 Å². The number of aryl methyl sites for hydroxylation is 1. The second-order valence-corrected chi connectivity index (χ2v) is 5.60. The molecule has 0 radical (unpaired) electrons. The van der Waals surface area contributed by atoms with Crippen molar-refractivity contribution < 1.29 is 0 Å². The van der Waals surface area contributed by atoms with Crippen molar-refractivity contribution in [1.82, 2.24) is 10.2 Å². The normalized spacial score (nSPS) is 11.2. The number of benzene rings is 1. The third-order valence-corrected chi connectivity index (χ3v) is 3.69. The minimum Gasteiger partial charge on any atom is -0.330 e. The van der Waals surface area contributed by atoms with Crippen LogP contribution in [-0.2, 0) is 12.8 Å². The Morgan fingerprint density at radius 1 is 1.25 bits per heavy atom. The Balaban J connectivity index is 2.31.